The van der Waals surface area contributed by atoms with Crippen molar-refractivity contribution in [2.75, 3.05) is 22.9 Å². The number of para-hydroxylation sites is 2. The zero-order valence-electron chi connectivity index (χ0n) is 14.6. The lowest BCUT2D eigenvalue weighted by Gasteiger charge is -2.25. The number of carbonyl (C=O) groups excluding carboxylic acids is 2. The van der Waals surface area contributed by atoms with Gasteiger partial charge in [-0.1, -0.05) is 49.7 Å². The Morgan fingerprint density at radius 1 is 1.08 bits per heavy atom. The third kappa shape index (κ3) is 3.90. The number of anilines is 2. The molecule has 1 saturated heterocycles. The van der Waals surface area contributed by atoms with Crippen molar-refractivity contribution in [3.63, 3.8) is 0 Å². The van der Waals surface area contributed by atoms with Crippen molar-refractivity contribution >= 4 is 23.2 Å². The minimum atomic E-state index is -0.287. The SMILES string of the molecule is CCCCN(C(=O)[C@@H]1CC(=O)N(c2ccccc2)C1)c1ccccc1. The van der Waals surface area contributed by atoms with Gasteiger partial charge in [-0.05, 0) is 30.7 Å². The minimum Gasteiger partial charge on any atom is -0.312 e. The fourth-order valence-corrected chi connectivity index (χ4v) is 3.24. The molecule has 0 N–H and O–H groups in total. The zero-order valence-corrected chi connectivity index (χ0v) is 14.6. The second-order valence-corrected chi connectivity index (χ2v) is 6.42. The second kappa shape index (κ2) is 7.97. The summed E-state index contributed by atoms with van der Waals surface area (Å²) in [5.74, 6) is -0.218. The Balaban J connectivity index is 1.77. The van der Waals surface area contributed by atoms with E-state index in [0.717, 1.165) is 24.2 Å². The number of hydrogen-bond donors (Lipinski definition) is 0. The predicted molar refractivity (Wildman–Crippen MR) is 101 cm³/mol. The van der Waals surface area contributed by atoms with E-state index in [4.69, 9.17) is 0 Å². The fourth-order valence-electron chi connectivity index (χ4n) is 3.24. The number of unbranched alkanes of at least 4 members (excludes halogenated alkanes) is 1. The van der Waals surface area contributed by atoms with Crippen LogP contribution >= 0.6 is 0 Å². The van der Waals surface area contributed by atoms with Crippen LogP contribution in [0.5, 0.6) is 0 Å². The molecule has 2 amide bonds. The fraction of sp³-hybridized carbons (Fsp3) is 0.333. The van der Waals surface area contributed by atoms with Crippen LogP contribution in [0.25, 0.3) is 0 Å². The summed E-state index contributed by atoms with van der Waals surface area (Å²) in [6, 6.07) is 19.3. The van der Waals surface area contributed by atoms with E-state index >= 15 is 0 Å². The molecule has 0 spiro atoms. The first-order valence-corrected chi connectivity index (χ1v) is 8.92. The van der Waals surface area contributed by atoms with Crippen molar-refractivity contribution in [3.05, 3.63) is 60.7 Å². The Morgan fingerprint density at radius 3 is 2.36 bits per heavy atom. The molecule has 1 fully saturated rings. The van der Waals surface area contributed by atoms with Gasteiger partial charge in [-0.3, -0.25) is 9.59 Å². The summed E-state index contributed by atoms with van der Waals surface area (Å²) >= 11 is 0. The first kappa shape index (κ1) is 17.2. The van der Waals surface area contributed by atoms with Gasteiger partial charge >= 0.3 is 0 Å². The van der Waals surface area contributed by atoms with Crippen LogP contribution in [0.4, 0.5) is 11.4 Å². The lowest BCUT2D eigenvalue weighted by molar-refractivity contribution is -0.124. The van der Waals surface area contributed by atoms with E-state index in [2.05, 4.69) is 6.92 Å². The number of amides is 2. The van der Waals surface area contributed by atoms with Gasteiger partial charge in [0, 0.05) is 30.9 Å². The maximum atomic E-state index is 13.1. The van der Waals surface area contributed by atoms with Gasteiger partial charge in [-0.2, -0.15) is 0 Å². The Bertz CT molecular complexity index is 715. The van der Waals surface area contributed by atoms with Gasteiger partial charge in [0.05, 0.1) is 5.92 Å². The van der Waals surface area contributed by atoms with Gasteiger partial charge in [0.2, 0.25) is 11.8 Å². The van der Waals surface area contributed by atoms with Crippen molar-refractivity contribution < 1.29 is 9.59 Å². The summed E-state index contributed by atoms with van der Waals surface area (Å²) in [4.78, 5) is 29.1. The van der Waals surface area contributed by atoms with E-state index in [9.17, 15) is 9.59 Å². The molecule has 4 heteroatoms. The smallest absolute Gasteiger partial charge is 0.232 e. The van der Waals surface area contributed by atoms with E-state index < -0.39 is 0 Å². The summed E-state index contributed by atoms with van der Waals surface area (Å²) in [5.41, 5.74) is 1.77. The quantitative estimate of drug-likeness (QED) is 0.803. The average molecular weight is 336 g/mol. The normalized spacial score (nSPS) is 16.9. The molecule has 0 saturated carbocycles. The van der Waals surface area contributed by atoms with Crippen LogP contribution < -0.4 is 9.80 Å². The number of rotatable bonds is 6. The molecule has 0 aromatic heterocycles. The molecular weight excluding hydrogens is 312 g/mol. The molecule has 25 heavy (non-hydrogen) atoms. The molecule has 0 radical (unpaired) electrons. The third-order valence-corrected chi connectivity index (χ3v) is 4.61. The topological polar surface area (TPSA) is 40.6 Å². The molecule has 130 valence electrons. The van der Waals surface area contributed by atoms with Crippen LogP contribution in [0.1, 0.15) is 26.2 Å². The van der Waals surface area contributed by atoms with E-state index in [1.165, 1.54) is 0 Å². The van der Waals surface area contributed by atoms with Crippen LogP contribution in [-0.4, -0.2) is 24.9 Å². The lowest BCUT2D eigenvalue weighted by Crippen LogP contribution is -2.38. The van der Waals surface area contributed by atoms with Crippen LogP contribution in [0, 0.1) is 5.92 Å². The van der Waals surface area contributed by atoms with E-state index in [-0.39, 0.29) is 24.2 Å². The zero-order chi connectivity index (χ0) is 17.6. The Labute approximate surface area is 149 Å². The number of benzene rings is 2. The molecule has 2 aromatic carbocycles. The molecule has 0 aliphatic carbocycles. The van der Waals surface area contributed by atoms with Crippen molar-refractivity contribution in [2.24, 2.45) is 5.92 Å². The summed E-state index contributed by atoms with van der Waals surface area (Å²) < 4.78 is 0. The average Bonchev–Trinajstić information content (AvgIpc) is 3.05. The molecule has 1 aliphatic heterocycles. The lowest BCUT2D eigenvalue weighted by atomic mass is 10.1. The first-order chi connectivity index (χ1) is 12.2. The minimum absolute atomic E-state index is 0.0213. The van der Waals surface area contributed by atoms with Crippen molar-refractivity contribution in [1.82, 2.24) is 0 Å². The van der Waals surface area contributed by atoms with Crippen molar-refractivity contribution in [2.45, 2.75) is 26.2 Å². The van der Waals surface area contributed by atoms with Gasteiger partial charge < -0.3 is 9.80 Å². The maximum absolute atomic E-state index is 13.1. The maximum Gasteiger partial charge on any atom is 0.232 e. The molecule has 1 aliphatic rings. The summed E-state index contributed by atoms with van der Waals surface area (Å²) in [5, 5.41) is 0. The van der Waals surface area contributed by atoms with E-state index in [1.54, 1.807) is 4.90 Å². The molecule has 4 nitrogen and oxygen atoms in total. The third-order valence-electron chi connectivity index (χ3n) is 4.61. The van der Waals surface area contributed by atoms with Gasteiger partial charge in [0.15, 0.2) is 0 Å². The van der Waals surface area contributed by atoms with Gasteiger partial charge in [-0.25, -0.2) is 0 Å². The number of nitrogens with zero attached hydrogens (tertiary/aromatic N) is 2. The highest BCUT2D eigenvalue weighted by molar-refractivity contribution is 6.04. The number of hydrogen-bond acceptors (Lipinski definition) is 2. The summed E-state index contributed by atoms with van der Waals surface area (Å²) in [7, 11) is 0. The highest BCUT2D eigenvalue weighted by Gasteiger charge is 2.37. The summed E-state index contributed by atoms with van der Waals surface area (Å²) in [6.07, 6.45) is 2.25. The van der Waals surface area contributed by atoms with Crippen LogP contribution in [0.3, 0.4) is 0 Å². The summed E-state index contributed by atoms with van der Waals surface area (Å²) in [6.45, 7) is 3.26. The number of carbonyl (C=O) groups is 2. The largest absolute Gasteiger partial charge is 0.312 e. The Hall–Kier alpha value is -2.62. The van der Waals surface area contributed by atoms with E-state index in [0.29, 0.717) is 13.1 Å². The molecule has 0 bridgehead atoms. The highest BCUT2D eigenvalue weighted by atomic mass is 16.2. The van der Waals surface area contributed by atoms with E-state index in [1.807, 2.05) is 65.6 Å². The van der Waals surface area contributed by atoms with Gasteiger partial charge in [-0.15, -0.1) is 0 Å². The monoisotopic (exact) mass is 336 g/mol. The Kier molecular flexibility index (Phi) is 5.49. The molecular formula is C21H24N2O2. The van der Waals surface area contributed by atoms with Crippen molar-refractivity contribution in [3.8, 4) is 0 Å². The van der Waals surface area contributed by atoms with Crippen LogP contribution in [0.2, 0.25) is 0 Å². The predicted octanol–water partition coefficient (Wildman–Crippen LogP) is 3.87. The molecule has 0 unspecified atom stereocenters. The van der Waals surface area contributed by atoms with Crippen molar-refractivity contribution in [1.29, 1.82) is 0 Å². The van der Waals surface area contributed by atoms with Crippen LogP contribution in [0.15, 0.2) is 60.7 Å². The van der Waals surface area contributed by atoms with Crippen LogP contribution in [-0.2, 0) is 9.59 Å². The second-order valence-electron chi connectivity index (χ2n) is 6.42. The molecule has 2 aromatic rings. The highest BCUT2D eigenvalue weighted by Crippen LogP contribution is 2.28. The molecule has 3 rings (SSSR count). The van der Waals surface area contributed by atoms with Gasteiger partial charge in [0.25, 0.3) is 0 Å². The first-order valence-electron chi connectivity index (χ1n) is 8.92. The molecule has 1 heterocycles. The molecule has 1 atom stereocenters. The Morgan fingerprint density at radius 2 is 1.72 bits per heavy atom. The van der Waals surface area contributed by atoms with Gasteiger partial charge in [0.1, 0.15) is 0 Å². The standard InChI is InChI=1S/C21H24N2O2/c1-2-3-14-22(18-10-6-4-7-11-18)21(25)17-15-20(24)23(16-17)19-12-8-5-9-13-19/h4-13,17H,2-3,14-16H2,1H3/t17-/m1/s1.